The van der Waals surface area contributed by atoms with E-state index in [1.807, 2.05) is 0 Å². The van der Waals surface area contributed by atoms with Crippen LogP contribution in [-0.4, -0.2) is 48.8 Å². The first-order chi connectivity index (χ1) is 14.4. The Morgan fingerprint density at radius 3 is 1.84 bits per heavy atom. The molecule has 0 radical (unpaired) electrons. The summed E-state index contributed by atoms with van der Waals surface area (Å²) < 4.78 is 111. The molecule has 1 fully saturated rings. The minimum Gasteiger partial charge on any atom is -0.462 e. The number of rotatable bonds is 10. The average molecular weight is 484 g/mol. The van der Waals surface area contributed by atoms with E-state index in [2.05, 4.69) is 25.5 Å². The Kier molecular flexibility index (Phi) is 9.36. The lowest BCUT2D eigenvalue weighted by molar-refractivity contribution is -0.344. The van der Waals surface area contributed by atoms with Crippen LogP contribution in [-0.2, 0) is 19.1 Å². The van der Waals surface area contributed by atoms with Crippen molar-refractivity contribution >= 4 is 11.9 Å². The molecule has 0 saturated heterocycles. The van der Waals surface area contributed by atoms with Gasteiger partial charge in [-0.1, -0.05) is 20.8 Å². The number of ether oxygens (including phenoxy) is 2. The van der Waals surface area contributed by atoms with Gasteiger partial charge in [0, 0.05) is 12.8 Å². The van der Waals surface area contributed by atoms with E-state index in [1.54, 1.807) is 0 Å². The molecule has 1 aliphatic carbocycles. The highest BCUT2D eigenvalue weighted by molar-refractivity contribution is 5.72. The second kappa shape index (κ2) is 10.5. The van der Waals surface area contributed by atoms with E-state index in [9.17, 15) is 44.7 Å². The summed E-state index contributed by atoms with van der Waals surface area (Å²) in [5.74, 6) is -20.1. The minimum absolute atomic E-state index is 0.144. The molecular formula is C20H28F8O4. The fraction of sp³-hybridized carbons (Fsp3) is 0.900. The summed E-state index contributed by atoms with van der Waals surface area (Å²) in [4.78, 5) is 23.3. The average Bonchev–Trinajstić information content (AvgIpc) is 2.65. The van der Waals surface area contributed by atoms with Crippen molar-refractivity contribution in [3.63, 3.8) is 0 Å². The van der Waals surface area contributed by atoms with Crippen molar-refractivity contribution in [2.75, 3.05) is 6.61 Å². The van der Waals surface area contributed by atoms with Crippen LogP contribution in [0.25, 0.3) is 0 Å². The van der Waals surface area contributed by atoms with E-state index in [0.717, 1.165) is 12.8 Å². The smallest absolute Gasteiger partial charge is 0.381 e. The van der Waals surface area contributed by atoms with Gasteiger partial charge in [0.15, 0.2) is 6.61 Å². The molecule has 188 valence electrons. The van der Waals surface area contributed by atoms with Gasteiger partial charge in [0.05, 0.1) is 0 Å². The zero-order valence-electron chi connectivity index (χ0n) is 18.0. The van der Waals surface area contributed by atoms with Crippen LogP contribution in [0.15, 0.2) is 0 Å². The predicted molar refractivity (Wildman–Crippen MR) is 96.9 cm³/mol. The molecule has 1 aliphatic rings. The number of carbonyl (C=O) groups excluding carboxylic acids is 2. The third-order valence-electron chi connectivity index (χ3n) is 5.53. The third-order valence-corrected chi connectivity index (χ3v) is 5.53. The van der Waals surface area contributed by atoms with E-state index in [4.69, 9.17) is 4.74 Å². The summed E-state index contributed by atoms with van der Waals surface area (Å²) in [7, 11) is 0. The number of esters is 2. The third kappa shape index (κ3) is 7.19. The van der Waals surface area contributed by atoms with Crippen LogP contribution < -0.4 is 0 Å². The molecule has 0 atom stereocenters. The van der Waals surface area contributed by atoms with Gasteiger partial charge in [0.25, 0.3) is 0 Å². The van der Waals surface area contributed by atoms with Gasteiger partial charge in [-0.05, 0) is 43.4 Å². The van der Waals surface area contributed by atoms with E-state index in [1.165, 1.54) is 0 Å². The molecule has 12 heteroatoms. The van der Waals surface area contributed by atoms with Crippen molar-refractivity contribution in [2.24, 2.45) is 11.3 Å². The molecule has 1 rings (SSSR count). The van der Waals surface area contributed by atoms with Gasteiger partial charge in [-0.3, -0.25) is 9.59 Å². The highest BCUT2D eigenvalue weighted by Gasteiger charge is 2.75. The van der Waals surface area contributed by atoms with Crippen molar-refractivity contribution in [3.05, 3.63) is 0 Å². The van der Waals surface area contributed by atoms with Crippen LogP contribution in [0, 0.1) is 11.3 Å². The van der Waals surface area contributed by atoms with Crippen LogP contribution in [0.1, 0.15) is 65.7 Å². The Hall–Kier alpha value is -1.62. The molecule has 0 aromatic rings. The predicted octanol–water partition coefficient (Wildman–Crippen LogP) is 6.02. The first-order valence-electron chi connectivity index (χ1n) is 10.2. The Labute approximate surface area is 181 Å². The summed E-state index contributed by atoms with van der Waals surface area (Å²) in [6.45, 7) is 3.88. The van der Waals surface area contributed by atoms with Crippen LogP contribution >= 0.6 is 0 Å². The second-order valence-electron chi connectivity index (χ2n) is 9.05. The lowest BCUT2D eigenvalue weighted by atomic mass is 9.72. The summed E-state index contributed by atoms with van der Waals surface area (Å²) in [5, 5.41) is 0. The fourth-order valence-corrected chi connectivity index (χ4v) is 3.38. The summed E-state index contributed by atoms with van der Waals surface area (Å²) >= 11 is 0. The van der Waals surface area contributed by atoms with Crippen LogP contribution in [0.5, 0.6) is 0 Å². The Balaban J connectivity index is 2.37. The molecule has 0 bridgehead atoms. The molecule has 0 aromatic carbocycles. The first-order valence-corrected chi connectivity index (χ1v) is 10.2. The lowest BCUT2D eigenvalue weighted by Crippen LogP contribution is -2.59. The van der Waals surface area contributed by atoms with Gasteiger partial charge in [0.1, 0.15) is 6.10 Å². The zero-order valence-corrected chi connectivity index (χ0v) is 18.0. The van der Waals surface area contributed by atoms with Gasteiger partial charge in [-0.2, -0.15) is 26.3 Å². The van der Waals surface area contributed by atoms with Gasteiger partial charge in [-0.15, -0.1) is 0 Å². The highest BCUT2D eigenvalue weighted by Crippen LogP contribution is 2.48. The van der Waals surface area contributed by atoms with Gasteiger partial charge >= 0.3 is 36.1 Å². The summed E-state index contributed by atoms with van der Waals surface area (Å²) in [6.07, 6.45) is -3.33. The largest absolute Gasteiger partial charge is 0.462 e. The van der Waals surface area contributed by atoms with Gasteiger partial charge in [-0.25, -0.2) is 8.78 Å². The quantitative estimate of drug-likeness (QED) is 0.281. The number of alkyl halides is 8. The van der Waals surface area contributed by atoms with E-state index in [-0.39, 0.29) is 24.4 Å². The maximum Gasteiger partial charge on any atom is 0.381 e. The zero-order chi connectivity index (χ0) is 25.0. The minimum atomic E-state index is -6.44. The highest BCUT2D eigenvalue weighted by atomic mass is 19.4. The molecular weight excluding hydrogens is 456 g/mol. The summed E-state index contributed by atoms with van der Waals surface area (Å²) in [6, 6.07) is 0. The SMILES string of the molecule is CC(C)(C)C1CCC(OC(=O)CCCC(=O)OCC(F)(F)C(F)(F)C(F)(F)C(F)F)CC1. The van der Waals surface area contributed by atoms with Crippen LogP contribution in [0.2, 0.25) is 0 Å². The molecule has 0 spiro atoms. The maximum absolute atomic E-state index is 13.3. The standard InChI is InChI=1S/C20H28F8O4/c1-17(2,3)12-7-9-13(10-8-12)32-15(30)6-4-5-14(29)31-11-18(23,24)20(27,28)19(25,26)16(21)22/h12-13,16H,4-11H2,1-3H3. The van der Waals surface area contributed by atoms with Crippen molar-refractivity contribution < 1.29 is 54.2 Å². The van der Waals surface area contributed by atoms with Crippen LogP contribution in [0.3, 0.4) is 0 Å². The maximum atomic E-state index is 13.3. The van der Waals surface area contributed by atoms with Crippen molar-refractivity contribution in [1.82, 2.24) is 0 Å². The molecule has 0 unspecified atom stereocenters. The molecule has 0 amide bonds. The van der Waals surface area contributed by atoms with Crippen molar-refractivity contribution in [3.8, 4) is 0 Å². The second-order valence-corrected chi connectivity index (χ2v) is 9.05. The van der Waals surface area contributed by atoms with Gasteiger partial charge < -0.3 is 9.47 Å². The van der Waals surface area contributed by atoms with Gasteiger partial charge in [0.2, 0.25) is 0 Å². The molecule has 32 heavy (non-hydrogen) atoms. The topological polar surface area (TPSA) is 52.6 Å². The molecule has 4 nitrogen and oxygen atoms in total. The summed E-state index contributed by atoms with van der Waals surface area (Å²) in [5.41, 5.74) is 0.144. The van der Waals surface area contributed by atoms with E-state index >= 15 is 0 Å². The number of hydrogen-bond donors (Lipinski definition) is 0. The van der Waals surface area contributed by atoms with Crippen molar-refractivity contribution in [2.45, 2.75) is 96.0 Å². The first kappa shape index (κ1) is 28.4. The van der Waals surface area contributed by atoms with Crippen molar-refractivity contribution in [1.29, 1.82) is 0 Å². The Morgan fingerprint density at radius 2 is 1.38 bits per heavy atom. The fourth-order valence-electron chi connectivity index (χ4n) is 3.38. The lowest BCUT2D eigenvalue weighted by Gasteiger charge is -2.36. The van der Waals surface area contributed by atoms with E-state index < -0.39 is 49.2 Å². The Bertz CT molecular complexity index is 638. The molecule has 0 heterocycles. The number of halogens is 8. The van der Waals surface area contributed by atoms with Crippen LogP contribution in [0.4, 0.5) is 35.1 Å². The molecule has 1 saturated carbocycles. The molecule has 0 aromatic heterocycles. The molecule has 0 aliphatic heterocycles. The number of carbonyl (C=O) groups is 2. The Morgan fingerprint density at radius 1 is 0.875 bits per heavy atom. The monoisotopic (exact) mass is 484 g/mol. The van der Waals surface area contributed by atoms with E-state index in [0.29, 0.717) is 18.8 Å². The molecule has 0 N–H and O–H groups in total. The number of hydrogen-bond acceptors (Lipinski definition) is 4. The normalized spacial score (nSPS) is 20.9.